The zero-order chi connectivity index (χ0) is 13.5. The molecular formula is C15H22N2O2. The summed E-state index contributed by atoms with van der Waals surface area (Å²) in [7, 11) is 1.67. The van der Waals surface area contributed by atoms with E-state index < -0.39 is 0 Å². The first-order valence-electron chi connectivity index (χ1n) is 6.98. The summed E-state index contributed by atoms with van der Waals surface area (Å²) in [4.78, 5) is 0. The van der Waals surface area contributed by atoms with E-state index in [0.717, 1.165) is 43.0 Å². The van der Waals surface area contributed by atoms with Crippen LogP contribution >= 0.6 is 0 Å². The van der Waals surface area contributed by atoms with Gasteiger partial charge in [-0.2, -0.15) is 0 Å². The molecule has 0 saturated carbocycles. The molecule has 2 heterocycles. The van der Waals surface area contributed by atoms with Gasteiger partial charge in [0.2, 0.25) is 0 Å². The van der Waals surface area contributed by atoms with Crippen LogP contribution < -0.4 is 20.5 Å². The van der Waals surface area contributed by atoms with Gasteiger partial charge in [-0.25, -0.2) is 0 Å². The molecule has 1 aromatic carbocycles. The minimum atomic E-state index is -0.105. The quantitative estimate of drug-likeness (QED) is 0.811. The Hall–Kier alpha value is -1.26. The molecule has 1 fully saturated rings. The second-order valence-corrected chi connectivity index (χ2v) is 5.74. The van der Waals surface area contributed by atoms with Crippen molar-refractivity contribution in [2.75, 3.05) is 20.2 Å². The second-order valence-electron chi connectivity index (χ2n) is 5.74. The fourth-order valence-corrected chi connectivity index (χ4v) is 3.28. The number of hydrogen-bond acceptors (Lipinski definition) is 4. The minimum Gasteiger partial charge on any atom is -0.497 e. The summed E-state index contributed by atoms with van der Waals surface area (Å²) in [5, 5.41) is 3.42. The van der Waals surface area contributed by atoms with Crippen LogP contribution in [0.25, 0.3) is 0 Å². The fourth-order valence-electron chi connectivity index (χ4n) is 3.28. The van der Waals surface area contributed by atoms with Crippen LogP contribution in [0.15, 0.2) is 18.2 Å². The molecule has 0 bridgehead atoms. The summed E-state index contributed by atoms with van der Waals surface area (Å²) < 4.78 is 11.6. The highest BCUT2D eigenvalue weighted by Crippen LogP contribution is 2.45. The Morgan fingerprint density at radius 3 is 3.05 bits per heavy atom. The Bertz CT molecular complexity index is 477. The van der Waals surface area contributed by atoms with E-state index in [0.29, 0.717) is 5.92 Å². The summed E-state index contributed by atoms with van der Waals surface area (Å²) in [5.74, 6) is 2.24. The van der Waals surface area contributed by atoms with Gasteiger partial charge in [0.15, 0.2) is 0 Å². The molecule has 3 N–H and O–H groups in total. The SMILES string of the molecule is COc1ccc2c(c1)[C@H](N)CC1(CCNCC1C)O2. The number of nitrogens with two attached hydrogens (primary N) is 1. The minimum absolute atomic E-state index is 0.0272. The lowest BCUT2D eigenvalue weighted by Gasteiger charge is -2.47. The average molecular weight is 262 g/mol. The average Bonchev–Trinajstić information content (AvgIpc) is 2.42. The van der Waals surface area contributed by atoms with Gasteiger partial charge in [-0.05, 0) is 31.2 Å². The first-order chi connectivity index (χ1) is 9.14. The normalized spacial score (nSPS) is 33.6. The van der Waals surface area contributed by atoms with Gasteiger partial charge in [0.1, 0.15) is 17.1 Å². The molecule has 0 amide bonds. The van der Waals surface area contributed by atoms with E-state index in [1.54, 1.807) is 7.11 Å². The van der Waals surface area contributed by atoms with Crippen molar-refractivity contribution in [1.82, 2.24) is 5.32 Å². The lowest BCUT2D eigenvalue weighted by atomic mass is 9.75. The number of rotatable bonds is 1. The van der Waals surface area contributed by atoms with Crippen molar-refractivity contribution >= 4 is 0 Å². The third-order valence-electron chi connectivity index (χ3n) is 4.57. The molecular weight excluding hydrogens is 240 g/mol. The van der Waals surface area contributed by atoms with Crippen LogP contribution in [0.2, 0.25) is 0 Å². The molecule has 1 saturated heterocycles. The second kappa shape index (κ2) is 4.69. The zero-order valence-electron chi connectivity index (χ0n) is 11.6. The first-order valence-corrected chi connectivity index (χ1v) is 6.98. The van der Waals surface area contributed by atoms with Crippen LogP contribution in [0.1, 0.15) is 31.4 Å². The highest BCUT2D eigenvalue weighted by Gasteiger charge is 2.45. The predicted molar refractivity (Wildman–Crippen MR) is 74.5 cm³/mol. The Morgan fingerprint density at radius 1 is 1.47 bits per heavy atom. The van der Waals surface area contributed by atoms with Crippen LogP contribution in [0.3, 0.4) is 0 Å². The maximum Gasteiger partial charge on any atom is 0.125 e. The number of methoxy groups -OCH3 is 1. The Kier molecular flexibility index (Phi) is 3.15. The summed E-state index contributed by atoms with van der Waals surface area (Å²) in [6.07, 6.45) is 1.91. The van der Waals surface area contributed by atoms with E-state index in [9.17, 15) is 0 Å². The van der Waals surface area contributed by atoms with E-state index in [1.165, 1.54) is 0 Å². The number of piperidine rings is 1. The number of benzene rings is 1. The number of ether oxygens (including phenoxy) is 2. The molecule has 0 radical (unpaired) electrons. The van der Waals surface area contributed by atoms with Gasteiger partial charge in [-0.15, -0.1) is 0 Å². The van der Waals surface area contributed by atoms with Crippen LogP contribution in [0.4, 0.5) is 0 Å². The maximum atomic E-state index is 6.38. The zero-order valence-corrected chi connectivity index (χ0v) is 11.6. The molecule has 2 unspecified atom stereocenters. The molecule has 2 aliphatic heterocycles. The number of hydrogen-bond donors (Lipinski definition) is 2. The first kappa shape index (κ1) is 12.8. The van der Waals surface area contributed by atoms with Crippen molar-refractivity contribution in [2.24, 2.45) is 11.7 Å². The van der Waals surface area contributed by atoms with Crippen molar-refractivity contribution in [3.63, 3.8) is 0 Å². The summed E-state index contributed by atoms with van der Waals surface area (Å²) in [6.45, 7) is 4.24. The van der Waals surface area contributed by atoms with Crippen LogP contribution in [-0.2, 0) is 0 Å². The highest BCUT2D eigenvalue weighted by atomic mass is 16.5. The Morgan fingerprint density at radius 2 is 2.32 bits per heavy atom. The third kappa shape index (κ3) is 2.09. The number of nitrogens with one attached hydrogen (secondary N) is 1. The molecule has 19 heavy (non-hydrogen) atoms. The molecule has 0 aliphatic carbocycles. The fraction of sp³-hybridized carbons (Fsp3) is 0.600. The van der Waals surface area contributed by atoms with Gasteiger partial charge in [-0.3, -0.25) is 0 Å². The van der Waals surface area contributed by atoms with Crippen LogP contribution in [0, 0.1) is 5.92 Å². The smallest absolute Gasteiger partial charge is 0.125 e. The molecule has 3 rings (SSSR count). The topological polar surface area (TPSA) is 56.5 Å². The van der Waals surface area contributed by atoms with E-state index in [1.807, 2.05) is 18.2 Å². The van der Waals surface area contributed by atoms with Crippen molar-refractivity contribution in [3.05, 3.63) is 23.8 Å². The Balaban J connectivity index is 1.95. The van der Waals surface area contributed by atoms with Gasteiger partial charge in [0.25, 0.3) is 0 Å². The predicted octanol–water partition coefficient (Wildman–Crippen LogP) is 1.85. The van der Waals surface area contributed by atoms with E-state index in [4.69, 9.17) is 15.2 Å². The highest BCUT2D eigenvalue weighted by molar-refractivity contribution is 5.44. The number of fused-ring (bicyclic) bond motifs is 1. The largest absolute Gasteiger partial charge is 0.497 e. The van der Waals surface area contributed by atoms with E-state index >= 15 is 0 Å². The summed E-state index contributed by atoms with van der Waals surface area (Å²) in [5.41, 5.74) is 7.34. The molecule has 0 aromatic heterocycles. The monoisotopic (exact) mass is 262 g/mol. The van der Waals surface area contributed by atoms with E-state index in [-0.39, 0.29) is 11.6 Å². The maximum absolute atomic E-state index is 6.38. The van der Waals surface area contributed by atoms with E-state index in [2.05, 4.69) is 12.2 Å². The lowest BCUT2D eigenvalue weighted by molar-refractivity contribution is -0.0336. The van der Waals surface area contributed by atoms with Crippen LogP contribution in [-0.4, -0.2) is 25.8 Å². The van der Waals surface area contributed by atoms with Gasteiger partial charge in [0.05, 0.1) is 7.11 Å². The summed E-state index contributed by atoms with van der Waals surface area (Å²) in [6, 6.07) is 5.96. The molecule has 3 atom stereocenters. The Labute approximate surface area is 114 Å². The molecule has 1 spiro atoms. The molecule has 4 heteroatoms. The van der Waals surface area contributed by atoms with Crippen molar-refractivity contribution < 1.29 is 9.47 Å². The van der Waals surface area contributed by atoms with Gasteiger partial charge >= 0.3 is 0 Å². The lowest BCUT2D eigenvalue weighted by Crippen LogP contribution is -2.55. The van der Waals surface area contributed by atoms with Crippen molar-refractivity contribution in [3.8, 4) is 11.5 Å². The molecule has 4 nitrogen and oxygen atoms in total. The van der Waals surface area contributed by atoms with Gasteiger partial charge in [-0.1, -0.05) is 6.92 Å². The molecule has 104 valence electrons. The molecule has 1 aromatic rings. The summed E-state index contributed by atoms with van der Waals surface area (Å²) >= 11 is 0. The van der Waals surface area contributed by atoms with Crippen molar-refractivity contribution in [2.45, 2.75) is 31.4 Å². The van der Waals surface area contributed by atoms with Crippen molar-refractivity contribution in [1.29, 1.82) is 0 Å². The third-order valence-corrected chi connectivity index (χ3v) is 4.57. The standard InChI is InChI=1S/C15H22N2O2/c1-10-9-17-6-5-15(10)8-13(16)12-7-11(18-2)3-4-14(12)19-15/h3-4,7,10,13,17H,5-6,8-9,16H2,1-2H3/t10?,13-,15?/m1/s1. The van der Waals surface area contributed by atoms with Crippen LogP contribution in [0.5, 0.6) is 11.5 Å². The van der Waals surface area contributed by atoms with Gasteiger partial charge in [0, 0.05) is 30.5 Å². The molecule has 2 aliphatic rings. The van der Waals surface area contributed by atoms with Gasteiger partial charge < -0.3 is 20.5 Å².